The number of fused-ring (bicyclic) bond motifs is 1. The Bertz CT molecular complexity index is 1240. The lowest BCUT2D eigenvalue weighted by atomic mass is 9.57. The van der Waals surface area contributed by atoms with E-state index in [1.807, 2.05) is 24.3 Å². The van der Waals surface area contributed by atoms with Gasteiger partial charge in [0.15, 0.2) is 0 Å². The van der Waals surface area contributed by atoms with Gasteiger partial charge in [0.05, 0.1) is 11.7 Å². The summed E-state index contributed by atoms with van der Waals surface area (Å²) in [4.78, 5) is 26.6. The van der Waals surface area contributed by atoms with Crippen LogP contribution in [0.2, 0.25) is 0 Å². The Morgan fingerprint density at radius 1 is 1.23 bits per heavy atom. The number of aliphatic hydroxyl groups is 1. The molecule has 208 valence electrons. The number of carbonyl (C=O) groups excluding carboxylic acids is 2. The molecule has 39 heavy (non-hydrogen) atoms. The van der Waals surface area contributed by atoms with Crippen molar-refractivity contribution in [3.05, 3.63) is 84.0 Å². The number of ether oxygens (including phenoxy) is 1. The molecule has 2 fully saturated rings. The number of hydrogen-bond donors (Lipinski definition) is 2. The van der Waals surface area contributed by atoms with E-state index in [0.717, 1.165) is 30.7 Å². The fourth-order valence-corrected chi connectivity index (χ4v) is 6.02. The number of carbonyl (C=O) groups is 2. The molecule has 1 amide bonds. The van der Waals surface area contributed by atoms with E-state index in [1.54, 1.807) is 6.07 Å². The summed E-state index contributed by atoms with van der Waals surface area (Å²) in [6.45, 7) is 7.29. The maximum absolute atomic E-state index is 13.0. The summed E-state index contributed by atoms with van der Waals surface area (Å²) >= 11 is 0. The number of nitrogens with one attached hydrogen (secondary N) is 1. The van der Waals surface area contributed by atoms with Crippen LogP contribution >= 0.6 is 0 Å². The Labute approximate surface area is 226 Å². The molecule has 9 heteroatoms. The van der Waals surface area contributed by atoms with Gasteiger partial charge in [0, 0.05) is 43.5 Å². The van der Waals surface area contributed by atoms with E-state index in [4.69, 9.17) is 4.74 Å². The second kappa shape index (κ2) is 11.8. The molecule has 0 bridgehead atoms. The fraction of sp³-hybridized carbons (Fsp3) is 0.400. The number of piperidine rings is 1. The number of hydrogen-bond acceptors (Lipinski definition) is 5. The molecule has 2 N–H and O–H groups in total. The lowest BCUT2D eigenvalue weighted by Gasteiger charge is -2.54. The minimum atomic E-state index is -4.47. The van der Waals surface area contributed by atoms with Crippen LogP contribution in [0.3, 0.4) is 0 Å². The van der Waals surface area contributed by atoms with Crippen molar-refractivity contribution in [2.45, 2.75) is 49.9 Å². The van der Waals surface area contributed by atoms with Crippen molar-refractivity contribution in [1.29, 1.82) is 0 Å². The third kappa shape index (κ3) is 6.78. The van der Waals surface area contributed by atoms with Crippen molar-refractivity contribution in [2.24, 2.45) is 5.92 Å². The first kappa shape index (κ1) is 28.6. The van der Waals surface area contributed by atoms with E-state index in [-0.39, 0.29) is 17.5 Å². The fourth-order valence-electron chi connectivity index (χ4n) is 6.02. The first-order valence-electron chi connectivity index (χ1n) is 13.0. The first-order valence-corrected chi connectivity index (χ1v) is 13.0. The van der Waals surface area contributed by atoms with Gasteiger partial charge in [-0.25, -0.2) is 0 Å². The van der Waals surface area contributed by atoms with Crippen LogP contribution in [-0.2, 0) is 21.2 Å². The average Bonchev–Trinajstić information content (AvgIpc) is 2.87. The van der Waals surface area contributed by atoms with Gasteiger partial charge in [0.2, 0.25) is 5.91 Å². The zero-order valence-electron chi connectivity index (χ0n) is 21.8. The number of likely N-dealkylation sites (tertiary alicyclic amines) is 1. The Morgan fingerprint density at radius 3 is 2.72 bits per heavy atom. The number of halogens is 3. The summed E-state index contributed by atoms with van der Waals surface area (Å²) in [5, 5.41) is 14.3. The highest BCUT2D eigenvalue weighted by Crippen LogP contribution is 2.49. The third-order valence-electron chi connectivity index (χ3n) is 7.69. The molecule has 1 saturated heterocycles. The quantitative estimate of drug-likeness (QED) is 0.229. The first-order chi connectivity index (χ1) is 18.5. The molecular formula is C30H33F3N2O4. The number of rotatable bonds is 7. The van der Waals surface area contributed by atoms with Gasteiger partial charge >= 0.3 is 12.1 Å². The number of alkyl halides is 3. The van der Waals surface area contributed by atoms with Crippen molar-refractivity contribution in [3.8, 4) is 5.75 Å². The number of aliphatic hydroxyl groups excluding tert-OH is 1. The van der Waals surface area contributed by atoms with Crippen molar-refractivity contribution in [1.82, 2.24) is 10.2 Å². The molecule has 2 aliphatic rings. The minimum Gasteiger partial charge on any atom is -0.427 e. The van der Waals surface area contributed by atoms with Crippen LogP contribution in [-0.4, -0.2) is 53.7 Å². The predicted molar refractivity (Wildman–Crippen MR) is 142 cm³/mol. The van der Waals surface area contributed by atoms with Gasteiger partial charge in [-0.3, -0.25) is 14.5 Å². The number of nitrogens with zero attached hydrogens (tertiary/aromatic N) is 1. The van der Waals surface area contributed by atoms with Gasteiger partial charge in [0.1, 0.15) is 5.75 Å². The van der Waals surface area contributed by atoms with Crippen LogP contribution in [0.1, 0.15) is 42.9 Å². The molecule has 1 saturated carbocycles. The topological polar surface area (TPSA) is 78.9 Å². The zero-order chi connectivity index (χ0) is 28.2. The van der Waals surface area contributed by atoms with Crippen molar-refractivity contribution in [2.75, 3.05) is 19.6 Å². The molecule has 1 aliphatic carbocycles. The molecule has 4 unspecified atom stereocenters. The maximum Gasteiger partial charge on any atom is 0.416 e. The van der Waals surface area contributed by atoms with Gasteiger partial charge in [0.25, 0.3) is 0 Å². The molecule has 6 nitrogen and oxygen atoms in total. The second-order valence-electron chi connectivity index (χ2n) is 10.4. The van der Waals surface area contributed by atoms with E-state index in [0.29, 0.717) is 31.7 Å². The highest BCUT2D eigenvalue weighted by atomic mass is 19.4. The Balaban J connectivity index is 1.56. The summed E-state index contributed by atoms with van der Waals surface area (Å²) in [6.07, 6.45) is 0.851. The smallest absolute Gasteiger partial charge is 0.416 e. The maximum atomic E-state index is 13.0. The summed E-state index contributed by atoms with van der Waals surface area (Å²) in [6, 6.07) is 11.7. The van der Waals surface area contributed by atoms with Crippen molar-refractivity contribution >= 4 is 18.0 Å². The monoisotopic (exact) mass is 542 g/mol. The van der Waals surface area contributed by atoms with Gasteiger partial charge in [-0.05, 0) is 67.3 Å². The van der Waals surface area contributed by atoms with Gasteiger partial charge in [-0.15, -0.1) is 6.58 Å². The summed E-state index contributed by atoms with van der Waals surface area (Å²) < 4.78 is 44.4. The second-order valence-corrected chi connectivity index (χ2v) is 10.4. The van der Waals surface area contributed by atoms with Crippen LogP contribution in [0.5, 0.6) is 5.75 Å². The van der Waals surface area contributed by atoms with Crippen LogP contribution in [0.25, 0.3) is 6.08 Å². The Kier molecular flexibility index (Phi) is 8.61. The summed E-state index contributed by atoms with van der Waals surface area (Å²) in [5.41, 5.74) is -0.0694. The minimum absolute atomic E-state index is 0.118. The molecule has 2 aromatic carbocycles. The van der Waals surface area contributed by atoms with Gasteiger partial charge < -0.3 is 15.2 Å². The van der Waals surface area contributed by atoms with Crippen LogP contribution in [0.15, 0.2) is 67.3 Å². The molecule has 0 spiro atoms. The van der Waals surface area contributed by atoms with E-state index >= 15 is 0 Å². The Morgan fingerprint density at radius 2 is 2.00 bits per heavy atom. The molecule has 0 radical (unpaired) electrons. The highest BCUT2D eigenvalue weighted by Gasteiger charge is 2.52. The molecule has 0 aromatic heterocycles. The Hall–Kier alpha value is -3.43. The number of esters is 1. The third-order valence-corrected chi connectivity index (χ3v) is 7.69. The van der Waals surface area contributed by atoms with Crippen LogP contribution < -0.4 is 10.1 Å². The standard InChI is InChI=1S/C30H33F3N2O4/c1-3-13-35-14-12-29(22-7-5-9-25(16-22)39-20(2)36)18-24(17-27(37)26(29)19-35)34-28(38)11-10-21-6-4-8-23(15-21)30(31,32)33/h3-11,15-16,24,26-27,37H,1,12-14,17-19H2,2H3,(H,34,38)/b11-10+. The van der Waals surface area contributed by atoms with Crippen molar-refractivity contribution < 1.29 is 32.6 Å². The molecule has 1 aliphatic heterocycles. The highest BCUT2D eigenvalue weighted by molar-refractivity contribution is 5.92. The predicted octanol–water partition coefficient (Wildman–Crippen LogP) is 4.73. The van der Waals surface area contributed by atoms with Crippen LogP contribution in [0.4, 0.5) is 13.2 Å². The normalized spacial score (nSPS) is 25.6. The molecule has 4 atom stereocenters. The number of benzene rings is 2. The largest absolute Gasteiger partial charge is 0.427 e. The summed E-state index contributed by atoms with van der Waals surface area (Å²) in [5.74, 6) is -0.571. The van der Waals surface area contributed by atoms with Gasteiger partial charge in [-0.1, -0.05) is 30.3 Å². The molecule has 1 heterocycles. The lowest BCUT2D eigenvalue weighted by molar-refractivity contribution is -0.137. The number of amides is 1. The van der Waals surface area contributed by atoms with Crippen LogP contribution in [0, 0.1) is 5.92 Å². The SMILES string of the molecule is C=CCN1CCC2(c3cccc(OC(C)=O)c3)CC(NC(=O)/C=C/c3cccc(C(F)(F)F)c3)CC(O)C2C1. The average molecular weight is 543 g/mol. The van der Waals surface area contributed by atoms with E-state index < -0.39 is 35.1 Å². The van der Waals surface area contributed by atoms with E-state index in [1.165, 1.54) is 31.2 Å². The zero-order valence-corrected chi connectivity index (χ0v) is 21.8. The van der Waals surface area contributed by atoms with E-state index in [9.17, 15) is 27.9 Å². The lowest BCUT2D eigenvalue weighted by Crippen LogP contribution is -2.60. The van der Waals surface area contributed by atoms with E-state index in [2.05, 4.69) is 16.8 Å². The van der Waals surface area contributed by atoms with Gasteiger partial charge in [-0.2, -0.15) is 13.2 Å². The molecular weight excluding hydrogens is 509 g/mol. The van der Waals surface area contributed by atoms with Crippen molar-refractivity contribution in [3.63, 3.8) is 0 Å². The summed E-state index contributed by atoms with van der Waals surface area (Å²) in [7, 11) is 0. The molecule has 2 aromatic rings. The molecule has 4 rings (SSSR count).